The van der Waals surface area contributed by atoms with Crippen molar-refractivity contribution in [3.63, 3.8) is 0 Å². The van der Waals surface area contributed by atoms with Crippen LogP contribution in [0.2, 0.25) is 0 Å². The molecule has 2 heteroatoms. The summed E-state index contributed by atoms with van der Waals surface area (Å²) in [5.41, 5.74) is 0. The molecule has 0 amide bonds. The Hall–Kier alpha value is -0.0800. The van der Waals surface area contributed by atoms with E-state index in [1.54, 1.807) is 0 Å². The zero-order valence-corrected chi connectivity index (χ0v) is 7.34. The first-order chi connectivity index (χ1) is 5.42. The van der Waals surface area contributed by atoms with Crippen molar-refractivity contribution in [2.24, 2.45) is 0 Å². The van der Waals surface area contributed by atoms with Crippen LogP contribution in [0.5, 0.6) is 0 Å². The molecule has 2 atom stereocenters. The quantitative estimate of drug-likeness (QED) is 0.602. The van der Waals surface area contributed by atoms with E-state index < -0.39 is 0 Å². The van der Waals surface area contributed by atoms with Gasteiger partial charge >= 0.3 is 0 Å². The van der Waals surface area contributed by atoms with Gasteiger partial charge in [-0.2, -0.15) is 0 Å². The van der Waals surface area contributed by atoms with Crippen molar-refractivity contribution in [1.29, 1.82) is 0 Å². The highest BCUT2D eigenvalue weighted by Gasteiger charge is 2.33. The molecule has 1 aliphatic heterocycles. The topological polar surface area (TPSA) is 15.3 Å². The van der Waals surface area contributed by atoms with Gasteiger partial charge in [-0.05, 0) is 19.4 Å². The van der Waals surface area contributed by atoms with Gasteiger partial charge in [0.1, 0.15) is 0 Å². The Kier molecular flexibility index (Phi) is 2.14. The number of hydrogen-bond acceptors (Lipinski definition) is 2. The highest BCUT2D eigenvalue weighted by molar-refractivity contribution is 4.93. The molecule has 1 heterocycles. The van der Waals surface area contributed by atoms with Gasteiger partial charge in [-0.25, -0.2) is 0 Å². The SMILES string of the molecule is CCN1CCN[C@H]2CCCC21. The van der Waals surface area contributed by atoms with Crippen molar-refractivity contribution in [2.75, 3.05) is 19.6 Å². The Bertz CT molecular complexity index is 136. The molecule has 1 saturated heterocycles. The lowest BCUT2D eigenvalue weighted by Gasteiger charge is -2.37. The van der Waals surface area contributed by atoms with Crippen LogP contribution in [0.3, 0.4) is 0 Å². The molecule has 0 bridgehead atoms. The van der Waals surface area contributed by atoms with Gasteiger partial charge in [-0.3, -0.25) is 4.90 Å². The highest BCUT2D eigenvalue weighted by Crippen LogP contribution is 2.25. The Labute approximate surface area is 69.0 Å². The molecule has 0 aromatic carbocycles. The van der Waals surface area contributed by atoms with Gasteiger partial charge in [0.05, 0.1) is 0 Å². The normalized spacial score (nSPS) is 39.0. The first kappa shape index (κ1) is 7.56. The van der Waals surface area contributed by atoms with E-state index in [0.29, 0.717) is 0 Å². The molecular weight excluding hydrogens is 136 g/mol. The zero-order valence-electron chi connectivity index (χ0n) is 7.34. The second kappa shape index (κ2) is 3.11. The third-order valence-electron chi connectivity index (χ3n) is 3.16. The smallest absolute Gasteiger partial charge is 0.0249 e. The molecule has 2 nitrogen and oxygen atoms in total. The Morgan fingerprint density at radius 3 is 3.18 bits per heavy atom. The van der Waals surface area contributed by atoms with Crippen LogP contribution >= 0.6 is 0 Å². The maximum atomic E-state index is 3.60. The molecule has 1 unspecified atom stereocenters. The molecular formula is C9H18N2. The summed E-state index contributed by atoms with van der Waals surface area (Å²) in [5, 5.41) is 3.60. The second-order valence-corrected chi connectivity index (χ2v) is 3.69. The van der Waals surface area contributed by atoms with Crippen molar-refractivity contribution in [2.45, 2.75) is 38.3 Å². The summed E-state index contributed by atoms with van der Waals surface area (Å²) in [4.78, 5) is 2.63. The minimum absolute atomic E-state index is 0.823. The molecule has 1 saturated carbocycles. The summed E-state index contributed by atoms with van der Waals surface area (Å²) in [7, 11) is 0. The molecule has 2 aliphatic rings. The molecule has 64 valence electrons. The van der Waals surface area contributed by atoms with Crippen LogP contribution < -0.4 is 5.32 Å². The monoisotopic (exact) mass is 154 g/mol. The van der Waals surface area contributed by atoms with E-state index in [9.17, 15) is 0 Å². The van der Waals surface area contributed by atoms with Crippen molar-refractivity contribution in [1.82, 2.24) is 10.2 Å². The number of rotatable bonds is 1. The maximum Gasteiger partial charge on any atom is 0.0249 e. The summed E-state index contributed by atoms with van der Waals surface area (Å²) in [6.45, 7) is 5.98. The van der Waals surface area contributed by atoms with E-state index >= 15 is 0 Å². The van der Waals surface area contributed by atoms with Crippen LogP contribution in [0, 0.1) is 0 Å². The predicted molar refractivity (Wildman–Crippen MR) is 46.7 cm³/mol. The van der Waals surface area contributed by atoms with Crippen LogP contribution in [0.1, 0.15) is 26.2 Å². The summed E-state index contributed by atoms with van der Waals surface area (Å²) >= 11 is 0. The Balaban J connectivity index is 2.00. The van der Waals surface area contributed by atoms with E-state index in [0.717, 1.165) is 12.1 Å². The Morgan fingerprint density at radius 2 is 2.36 bits per heavy atom. The van der Waals surface area contributed by atoms with Gasteiger partial charge < -0.3 is 5.32 Å². The van der Waals surface area contributed by atoms with Crippen LogP contribution in [0.15, 0.2) is 0 Å². The van der Waals surface area contributed by atoms with Crippen LogP contribution in [0.4, 0.5) is 0 Å². The van der Waals surface area contributed by atoms with Crippen molar-refractivity contribution >= 4 is 0 Å². The summed E-state index contributed by atoms with van der Waals surface area (Å²) in [6.07, 6.45) is 4.26. The van der Waals surface area contributed by atoms with E-state index in [2.05, 4.69) is 17.1 Å². The zero-order chi connectivity index (χ0) is 7.68. The van der Waals surface area contributed by atoms with Crippen LogP contribution in [-0.2, 0) is 0 Å². The molecule has 2 rings (SSSR count). The number of piperazine rings is 1. The number of likely N-dealkylation sites (N-methyl/N-ethyl adjacent to an activating group) is 1. The van der Waals surface area contributed by atoms with Crippen molar-refractivity contribution in [3.05, 3.63) is 0 Å². The Morgan fingerprint density at radius 1 is 1.45 bits per heavy atom. The predicted octanol–water partition coefficient (Wildman–Crippen LogP) is 0.833. The third-order valence-corrected chi connectivity index (χ3v) is 3.16. The van der Waals surface area contributed by atoms with Gasteiger partial charge in [0.2, 0.25) is 0 Å². The molecule has 0 spiro atoms. The standard InChI is InChI=1S/C9H18N2/c1-2-11-7-6-10-8-4-3-5-9(8)11/h8-10H,2-7H2,1H3/t8-,9?/m0/s1. The molecule has 1 aliphatic carbocycles. The number of fused-ring (bicyclic) bond motifs is 1. The number of hydrogen-bond donors (Lipinski definition) is 1. The van der Waals surface area contributed by atoms with Crippen LogP contribution in [-0.4, -0.2) is 36.6 Å². The molecule has 0 radical (unpaired) electrons. The van der Waals surface area contributed by atoms with Crippen molar-refractivity contribution < 1.29 is 0 Å². The maximum absolute atomic E-state index is 3.60. The molecule has 11 heavy (non-hydrogen) atoms. The second-order valence-electron chi connectivity index (χ2n) is 3.69. The van der Waals surface area contributed by atoms with Gasteiger partial charge in [0.25, 0.3) is 0 Å². The minimum atomic E-state index is 0.823. The fourth-order valence-electron chi connectivity index (χ4n) is 2.57. The van der Waals surface area contributed by atoms with Crippen molar-refractivity contribution in [3.8, 4) is 0 Å². The van der Waals surface area contributed by atoms with E-state index in [-0.39, 0.29) is 0 Å². The molecule has 0 aromatic heterocycles. The molecule has 0 aromatic rings. The van der Waals surface area contributed by atoms with Crippen LogP contribution in [0.25, 0.3) is 0 Å². The third kappa shape index (κ3) is 1.30. The molecule has 1 N–H and O–H groups in total. The average molecular weight is 154 g/mol. The number of nitrogens with one attached hydrogen (secondary N) is 1. The van der Waals surface area contributed by atoms with E-state index in [4.69, 9.17) is 0 Å². The average Bonchev–Trinajstić information content (AvgIpc) is 2.50. The van der Waals surface area contributed by atoms with E-state index in [1.807, 2.05) is 0 Å². The first-order valence-electron chi connectivity index (χ1n) is 4.89. The summed E-state index contributed by atoms with van der Waals surface area (Å²) < 4.78 is 0. The van der Waals surface area contributed by atoms with E-state index in [1.165, 1.54) is 38.9 Å². The largest absolute Gasteiger partial charge is 0.311 e. The fraction of sp³-hybridized carbons (Fsp3) is 1.00. The minimum Gasteiger partial charge on any atom is -0.311 e. The number of nitrogens with zero attached hydrogens (tertiary/aromatic N) is 1. The van der Waals surface area contributed by atoms with Gasteiger partial charge in [0, 0.05) is 25.2 Å². The lowest BCUT2D eigenvalue weighted by Crippen LogP contribution is -2.55. The lowest BCUT2D eigenvalue weighted by atomic mass is 10.1. The lowest BCUT2D eigenvalue weighted by molar-refractivity contribution is 0.144. The highest BCUT2D eigenvalue weighted by atomic mass is 15.2. The first-order valence-corrected chi connectivity index (χ1v) is 4.89. The van der Waals surface area contributed by atoms with Gasteiger partial charge in [-0.15, -0.1) is 0 Å². The fourth-order valence-corrected chi connectivity index (χ4v) is 2.57. The van der Waals surface area contributed by atoms with Gasteiger partial charge in [-0.1, -0.05) is 13.3 Å². The summed E-state index contributed by atoms with van der Waals surface area (Å²) in [5.74, 6) is 0. The summed E-state index contributed by atoms with van der Waals surface area (Å²) in [6, 6.07) is 1.69. The molecule has 2 fully saturated rings. The van der Waals surface area contributed by atoms with Gasteiger partial charge in [0.15, 0.2) is 0 Å².